The first-order valence-electron chi connectivity index (χ1n) is 3.51. The Kier molecular flexibility index (Phi) is 1.58. The van der Waals surface area contributed by atoms with Crippen molar-refractivity contribution in [2.75, 3.05) is 0 Å². The molecule has 0 saturated heterocycles. The van der Waals surface area contributed by atoms with E-state index < -0.39 is 17.2 Å². The summed E-state index contributed by atoms with van der Waals surface area (Å²) in [5, 5.41) is -0.345. The van der Waals surface area contributed by atoms with Crippen LogP contribution >= 0.6 is 0 Å². The summed E-state index contributed by atoms with van der Waals surface area (Å²) in [4.78, 5) is 16.9. The van der Waals surface area contributed by atoms with Crippen LogP contribution in [0.25, 0.3) is 10.9 Å². The first-order valence-corrected chi connectivity index (χ1v) is 3.51. The van der Waals surface area contributed by atoms with Crippen LogP contribution < -0.4 is 5.56 Å². The zero-order chi connectivity index (χ0) is 9.42. The lowest BCUT2D eigenvalue weighted by Crippen LogP contribution is -2.09. The van der Waals surface area contributed by atoms with Gasteiger partial charge in [-0.25, -0.2) is 13.8 Å². The highest BCUT2D eigenvalue weighted by molar-refractivity contribution is 5.77. The molecule has 0 spiro atoms. The van der Waals surface area contributed by atoms with Gasteiger partial charge in [0.05, 0.1) is 11.8 Å². The van der Waals surface area contributed by atoms with Crippen LogP contribution in [0.4, 0.5) is 8.78 Å². The Morgan fingerprint density at radius 3 is 2.85 bits per heavy atom. The van der Waals surface area contributed by atoms with Gasteiger partial charge in [-0.3, -0.25) is 4.79 Å². The Bertz CT molecular complexity index is 521. The predicted molar refractivity (Wildman–Crippen MR) is 42.3 cm³/mol. The van der Waals surface area contributed by atoms with Crippen LogP contribution in [0.2, 0.25) is 0 Å². The summed E-state index contributed by atoms with van der Waals surface area (Å²) < 4.78 is 25.7. The van der Waals surface area contributed by atoms with Crippen LogP contribution in [0.5, 0.6) is 0 Å². The zero-order valence-corrected chi connectivity index (χ0v) is 6.34. The molecule has 3 nitrogen and oxygen atoms in total. The van der Waals surface area contributed by atoms with Gasteiger partial charge in [0.1, 0.15) is 5.39 Å². The van der Waals surface area contributed by atoms with E-state index in [2.05, 4.69) is 9.97 Å². The van der Waals surface area contributed by atoms with Gasteiger partial charge < -0.3 is 4.98 Å². The Hall–Kier alpha value is -1.78. The van der Waals surface area contributed by atoms with E-state index in [4.69, 9.17) is 0 Å². The fourth-order valence-electron chi connectivity index (χ4n) is 1.10. The maximum Gasteiger partial charge on any atom is 0.261 e. The number of aromatic nitrogens is 2. The summed E-state index contributed by atoms with van der Waals surface area (Å²) >= 11 is 0. The van der Waals surface area contributed by atoms with Crippen molar-refractivity contribution in [3.8, 4) is 0 Å². The number of nitrogens with one attached hydrogen (secondary N) is 1. The quantitative estimate of drug-likeness (QED) is 0.665. The van der Waals surface area contributed by atoms with Gasteiger partial charge in [-0.2, -0.15) is 0 Å². The second-order valence-electron chi connectivity index (χ2n) is 2.49. The maximum absolute atomic E-state index is 13.0. The smallest absolute Gasteiger partial charge is 0.261 e. The van der Waals surface area contributed by atoms with E-state index in [0.29, 0.717) is 0 Å². The molecule has 0 aliphatic heterocycles. The van der Waals surface area contributed by atoms with Crippen LogP contribution in [-0.4, -0.2) is 9.97 Å². The topological polar surface area (TPSA) is 45.8 Å². The first-order chi connectivity index (χ1) is 6.20. The molecule has 2 rings (SSSR count). The minimum absolute atomic E-state index is 0.141. The first kappa shape index (κ1) is 7.85. The van der Waals surface area contributed by atoms with Gasteiger partial charge in [-0.15, -0.1) is 0 Å². The van der Waals surface area contributed by atoms with E-state index in [1.165, 1.54) is 6.07 Å². The third kappa shape index (κ3) is 1.09. The summed E-state index contributed by atoms with van der Waals surface area (Å²) in [5.41, 5.74) is -0.537. The van der Waals surface area contributed by atoms with Crippen molar-refractivity contribution >= 4 is 10.9 Å². The summed E-state index contributed by atoms with van der Waals surface area (Å²) in [6.07, 6.45) is 1.14. The highest BCUT2D eigenvalue weighted by atomic mass is 19.2. The Labute approximate surface area is 71.0 Å². The largest absolute Gasteiger partial charge is 0.313 e. The van der Waals surface area contributed by atoms with Gasteiger partial charge in [0.2, 0.25) is 0 Å². The molecule has 1 aromatic heterocycles. The Balaban J connectivity index is 3.06. The molecule has 0 atom stereocenters. The summed E-state index contributed by atoms with van der Waals surface area (Å²) in [7, 11) is 0. The average Bonchev–Trinajstić information content (AvgIpc) is 2.12. The van der Waals surface area contributed by atoms with Crippen LogP contribution in [0, 0.1) is 11.6 Å². The number of fused-ring (bicyclic) bond motifs is 1. The second kappa shape index (κ2) is 2.62. The van der Waals surface area contributed by atoms with E-state index >= 15 is 0 Å². The molecule has 0 bridgehead atoms. The lowest BCUT2D eigenvalue weighted by atomic mass is 10.2. The highest BCUT2D eigenvalue weighted by Crippen LogP contribution is 2.13. The molecular weight excluding hydrogens is 178 g/mol. The number of nitrogens with zero attached hydrogens (tertiary/aromatic N) is 1. The molecule has 1 N–H and O–H groups in total. The molecule has 1 heterocycles. The molecule has 0 fully saturated rings. The lowest BCUT2D eigenvalue weighted by molar-refractivity contribution is 0.516. The average molecular weight is 182 g/mol. The summed E-state index contributed by atoms with van der Waals surface area (Å²) in [5.74, 6) is -2.21. The van der Waals surface area contributed by atoms with Crippen molar-refractivity contribution in [3.05, 3.63) is 40.4 Å². The molecule has 1 aromatic carbocycles. The number of halogens is 2. The normalized spacial score (nSPS) is 10.6. The van der Waals surface area contributed by atoms with E-state index in [9.17, 15) is 13.6 Å². The molecule has 13 heavy (non-hydrogen) atoms. The van der Waals surface area contributed by atoms with E-state index in [0.717, 1.165) is 12.4 Å². The van der Waals surface area contributed by atoms with Gasteiger partial charge >= 0.3 is 0 Å². The fourth-order valence-corrected chi connectivity index (χ4v) is 1.10. The predicted octanol–water partition coefficient (Wildman–Crippen LogP) is 1.20. The van der Waals surface area contributed by atoms with Crippen LogP contribution in [0.15, 0.2) is 23.3 Å². The monoisotopic (exact) mass is 182 g/mol. The molecule has 0 radical (unpaired) electrons. The SMILES string of the molecule is O=c1[nH]cnc2ccc(F)c(F)c12. The van der Waals surface area contributed by atoms with Crippen molar-refractivity contribution < 1.29 is 8.78 Å². The summed E-state index contributed by atoms with van der Waals surface area (Å²) in [6.45, 7) is 0. The molecule has 5 heteroatoms. The molecule has 0 saturated carbocycles. The van der Waals surface area contributed by atoms with Crippen LogP contribution in [0.1, 0.15) is 0 Å². The van der Waals surface area contributed by atoms with E-state index in [1.54, 1.807) is 0 Å². The standard InChI is InChI=1S/C8H4F2N2O/c9-4-1-2-5-6(7(4)10)8(13)12-3-11-5/h1-3H,(H,11,12,13). The minimum Gasteiger partial charge on any atom is -0.313 e. The lowest BCUT2D eigenvalue weighted by Gasteiger charge is -1.96. The van der Waals surface area contributed by atoms with Crippen molar-refractivity contribution in [1.29, 1.82) is 0 Å². The molecule has 0 amide bonds. The number of rotatable bonds is 0. The van der Waals surface area contributed by atoms with Crippen molar-refractivity contribution in [1.82, 2.24) is 9.97 Å². The third-order valence-electron chi connectivity index (χ3n) is 1.70. The Morgan fingerprint density at radius 2 is 2.08 bits per heavy atom. The summed E-state index contributed by atoms with van der Waals surface area (Å²) in [6, 6.07) is 2.19. The number of aromatic amines is 1. The van der Waals surface area contributed by atoms with E-state index in [-0.39, 0.29) is 10.9 Å². The number of hydrogen-bond acceptors (Lipinski definition) is 2. The van der Waals surface area contributed by atoms with Gasteiger partial charge in [0.15, 0.2) is 11.6 Å². The number of H-pyrrole nitrogens is 1. The molecule has 66 valence electrons. The van der Waals surface area contributed by atoms with Gasteiger partial charge in [0, 0.05) is 0 Å². The molecule has 0 unspecified atom stereocenters. The van der Waals surface area contributed by atoms with Crippen molar-refractivity contribution in [2.45, 2.75) is 0 Å². The molecule has 0 aliphatic carbocycles. The van der Waals surface area contributed by atoms with Crippen LogP contribution in [-0.2, 0) is 0 Å². The maximum atomic E-state index is 13.0. The third-order valence-corrected chi connectivity index (χ3v) is 1.70. The number of hydrogen-bond donors (Lipinski definition) is 1. The fraction of sp³-hybridized carbons (Fsp3) is 0. The van der Waals surface area contributed by atoms with Gasteiger partial charge in [0.25, 0.3) is 5.56 Å². The van der Waals surface area contributed by atoms with Crippen LogP contribution in [0.3, 0.4) is 0 Å². The highest BCUT2D eigenvalue weighted by Gasteiger charge is 2.10. The van der Waals surface area contributed by atoms with Crippen molar-refractivity contribution in [3.63, 3.8) is 0 Å². The number of benzene rings is 1. The van der Waals surface area contributed by atoms with Gasteiger partial charge in [-0.05, 0) is 12.1 Å². The minimum atomic E-state index is -1.16. The van der Waals surface area contributed by atoms with Gasteiger partial charge in [-0.1, -0.05) is 0 Å². The Morgan fingerprint density at radius 1 is 1.31 bits per heavy atom. The second-order valence-corrected chi connectivity index (χ2v) is 2.49. The van der Waals surface area contributed by atoms with E-state index in [1.807, 2.05) is 0 Å². The molecule has 2 aromatic rings. The molecular formula is C8H4F2N2O. The molecule has 0 aliphatic rings. The zero-order valence-electron chi connectivity index (χ0n) is 6.34. The van der Waals surface area contributed by atoms with Crippen molar-refractivity contribution in [2.24, 2.45) is 0 Å².